The molecule has 2 N–H and O–H groups in total. The number of ether oxygens (including phenoxy) is 1. The third-order valence-corrected chi connectivity index (χ3v) is 6.02. The van der Waals surface area contributed by atoms with Gasteiger partial charge in [-0.05, 0) is 49.2 Å². The van der Waals surface area contributed by atoms with E-state index in [9.17, 15) is 14.4 Å². The number of carbonyl (C=O) groups is 3. The van der Waals surface area contributed by atoms with Crippen LogP contribution in [0.1, 0.15) is 45.9 Å². The summed E-state index contributed by atoms with van der Waals surface area (Å²) in [5, 5.41) is 5.66. The lowest BCUT2D eigenvalue weighted by molar-refractivity contribution is -0.123. The number of nitrogens with one attached hydrogen (secondary N) is 2. The number of amides is 3. The molecule has 0 spiro atoms. The Kier molecular flexibility index (Phi) is 8.17. The Labute approximate surface area is 210 Å². The van der Waals surface area contributed by atoms with Gasteiger partial charge in [-0.25, -0.2) is 0 Å². The Bertz CT molecular complexity index is 1150. The minimum Gasteiger partial charge on any atom is -0.459 e. The number of hydrogen-bond donors (Lipinski definition) is 2. The van der Waals surface area contributed by atoms with Crippen molar-refractivity contribution < 1.29 is 23.5 Å². The van der Waals surface area contributed by atoms with E-state index in [4.69, 9.17) is 9.15 Å². The van der Waals surface area contributed by atoms with E-state index in [1.165, 1.54) is 6.26 Å². The summed E-state index contributed by atoms with van der Waals surface area (Å²) in [5.74, 6) is -0.651. The van der Waals surface area contributed by atoms with Gasteiger partial charge >= 0.3 is 0 Å². The van der Waals surface area contributed by atoms with Gasteiger partial charge in [0, 0.05) is 31.6 Å². The van der Waals surface area contributed by atoms with Gasteiger partial charge in [-0.2, -0.15) is 0 Å². The first-order valence-electron chi connectivity index (χ1n) is 12.1. The molecule has 2 aromatic carbocycles. The van der Waals surface area contributed by atoms with Crippen LogP contribution in [0, 0.1) is 0 Å². The van der Waals surface area contributed by atoms with Crippen LogP contribution in [0.25, 0.3) is 0 Å². The third-order valence-electron chi connectivity index (χ3n) is 6.02. The van der Waals surface area contributed by atoms with Crippen molar-refractivity contribution in [3.63, 3.8) is 0 Å². The van der Waals surface area contributed by atoms with Crippen LogP contribution in [0.15, 0.2) is 77.4 Å². The summed E-state index contributed by atoms with van der Waals surface area (Å²) < 4.78 is 10.9. The number of nitrogens with zero attached hydrogens (tertiary/aromatic N) is 1. The molecule has 8 heteroatoms. The normalized spacial score (nSPS) is 18.3. The zero-order valence-electron chi connectivity index (χ0n) is 20.5. The summed E-state index contributed by atoms with van der Waals surface area (Å²) in [7, 11) is 0. The summed E-state index contributed by atoms with van der Waals surface area (Å²) in [4.78, 5) is 40.3. The first kappa shape index (κ1) is 25.2. The Hall–Kier alpha value is -3.91. The van der Waals surface area contributed by atoms with E-state index < -0.39 is 11.9 Å². The van der Waals surface area contributed by atoms with Gasteiger partial charge in [0.2, 0.25) is 5.91 Å². The van der Waals surface area contributed by atoms with E-state index >= 15 is 0 Å². The second-order valence-electron chi connectivity index (χ2n) is 9.08. The van der Waals surface area contributed by atoms with Crippen LogP contribution in [0.5, 0.6) is 0 Å². The molecule has 3 unspecified atom stereocenters. The molecule has 0 bridgehead atoms. The van der Waals surface area contributed by atoms with Crippen molar-refractivity contribution in [2.24, 2.45) is 0 Å². The molecule has 0 radical (unpaired) electrons. The van der Waals surface area contributed by atoms with Gasteiger partial charge in [0.1, 0.15) is 6.04 Å². The van der Waals surface area contributed by atoms with Gasteiger partial charge in [-0.3, -0.25) is 14.4 Å². The maximum absolute atomic E-state index is 13.0. The van der Waals surface area contributed by atoms with E-state index in [0.717, 1.165) is 11.1 Å². The molecule has 1 fully saturated rings. The van der Waals surface area contributed by atoms with Gasteiger partial charge in [0.15, 0.2) is 5.76 Å². The molecular weight excluding hydrogens is 458 g/mol. The number of rotatable bonds is 8. The molecule has 1 aliphatic rings. The minimum absolute atomic E-state index is 0.00398. The Morgan fingerprint density at radius 2 is 1.61 bits per heavy atom. The number of benzene rings is 2. The monoisotopic (exact) mass is 489 g/mol. The van der Waals surface area contributed by atoms with E-state index in [2.05, 4.69) is 10.6 Å². The van der Waals surface area contributed by atoms with Crippen molar-refractivity contribution in [2.75, 3.05) is 13.1 Å². The second-order valence-corrected chi connectivity index (χ2v) is 9.08. The van der Waals surface area contributed by atoms with Crippen LogP contribution < -0.4 is 10.6 Å². The highest BCUT2D eigenvalue weighted by Gasteiger charge is 2.27. The fourth-order valence-corrected chi connectivity index (χ4v) is 4.30. The largest absolute Gasteiger partial charge is 0.459 e. The molecule has 36 heavy (non-hydrogen) atoms. The van der Waals surface area contributed by atoms with Crippen molar-refractivity contribution in [1.29, 1.82) is 0 Å². The second kappa shape index (κ2) is 11.7. The van der Waals surface area contributed by atoms with E-state index in [1.54, 1.807) is 24.3 Å². The number of morpholine rings is 1. The number of carbonyl (C=O) groups excluding carboxylic acids is 3. The zero-order valence-corrected chi connectivity index (χ0v) is 20.5. The quantitative estimate of drug-likeness (QED) is 0.506. The molecule has 2 heterocycles. The van der Waals surface area contributed by atoms with Crippen molar-refractivity contribution in [1.82, 2.24) is 15.5 Å². The zero-order chi connectivity index (χ0) is 25.5. The first-order chi connectivity index (χ1) is 17.4. The van der Waals surface area contributed by atoms with Gasteiger partial charge in [-0.1, -0.05) is 42.5 Å². The summed E-state index contributed by atoms with van der Waals surface area (Å²) in [6.45, 7) is 5.31. The standard InChI is InChI=1S/C28H31N3O5/c1-19-17-31(18-20(2)36-19)28(34)23-12-10-22(11-13-23)16-29-26(32)24(15-21-7-4-3-5-8-21)30-27(33)25-9-6-14-35-25/h3-14,19-20,24H,15-18H2,1-2H3,(H,29,32)(H,30,33). The number of hydrogen-bond acceptors (Lipinski definition) is 5. The molecule has 4 rings (SSSR count). The molecule has 3 atom stereocenters. The van der Waals surface area contributed by atoms with Crippen LogP contribution in [-0.4, -0.2) is 54.0 Å². The fraction of sp³-hybridized carbons (Fsp3) is 0.321. The van der Waals surface area contributed by atoms with Crippen LogP contribution in [0.3, 0.4) is 0 Å². The highest BCUT2D eigenvalue weighted by Crippen LogP contribution is 2.15. The maximum Gasteiger partial charge on any atom is 0.287 e. The average Bonchev–Trinajstić information content (AvgIpc) is 3.42. The summed E-state index contributed by atoms with van der Waals surface area (Å²) in [6.07, 6.45) is 1.76. The molecular formula is C28H31N3O5. The van der Waals surface area contributed by atoms with Crippen LogP contribution in [0.2, 0.25) is 0 Å². The van der Waals surface area contributed by atoms with Gasteiger partial charge in [0.05, 0.1) is 18.5 Å². The molecule has 0 aliphatic carbocycles. The lowest BCUT2D eigenvalue weighted by Crippen LogP contribution is -2.48. The summed E-state index contributed by atoms with van der Waals surface area (Å²) in [6, 6.07) is 19.1. The molecule has 3 aromatic rings. The molecule has 1 aromatic heterocycles. The predicted octanol–water partition coefficient (Wildman–Crippen LogP) is 3.19. The Morgan fingerprint density at radius 1 is 0.917 bits per heavy atom. The van der Waals surface area contributed by atoms with E-state index in [1.807, 2.05) is 61.2 Å². The first-order valence-corrected chi connectivity index (χ1v) is 12.1. The van der Waals surface area contributed by atoms with Crippen LogP contribution >= 0.6 is 0 Å². The lowest BCUT2D eigenvalue weighted by atomic mass is 10.0. The SMILES string of the molecule is CC1CN(C(=O)c2ccc(CNC(=O)C(Cc3ccccc3)NC(=O)c3ccco3)cc2)CC(C)O1. The Balaban J connectivity index is 1.37. The van der Waals surface area contributed by atoms with E-state index in [-0.39, 0.29) is 36.3 Å². The smallest absolute Gasteiger partial charge is 0.287 e. The highest BCUT2D eigenvalue weighted by molar-refractivity contribution is 5.96. The fourth-order valence-electron chi connectivity index (χ4n) is 4.30. The lowest BCUT2D eigenvalue weighted by Gasteiger charge is -2.35. The van der Waals surface area contributed by atoms with Gasteiger partial charge in [-0.15, -0.1) is 0 Å². The van der Waals surface area contributed by atoms with Gasteiger partial charge < -0.3 is 24.7 Å². The van der Waals surface area contributed by atoms with Gasteiger partial charge in [0.25, 0.3) is 11.8 Å². The molecule has 1 saturated heterocycles. The minimum atomic E-state index is -0.781. The molecule has 3 amide bonds. The number of furan rings is 1. The maximum atomic E-state index is 13.0. The molecule has 0 saturated carbocycles. The molecule has 188 valence electrons. The molecule has 1 aliphatic heterocycles. The van der Waals surface area contributed by atoms with Crippen LogP contribution in [-0.2, 0) is 22.5 Å². The highest BCUT2D eigenvalue weighted by atomic mass is 16.5. The van der Waals surface area contributed by atoms with Crippen molar-refractivity contribution in [3.05, 3.63) is 95.4 Å². The molecule has 8 nitrogen and oxygen atoms in total. The van der Waals surface area contributed by atoms with Crippen molar-refractivity contribution >= 4 is 17.7 Å². The summed E-state index contributed by atoms with van der Waals surface area (Å²) >= 11 is 0. The predicted molar refractivity (Wildman–Crippen MR) is 134 cm³/mol. The summed E-state index contributed by atoms with van der Waals surface area (Å²) in [5.41, 5.74) is 2.37. The van der Waals surface area contributed by atoms with Crippen molar-refractivity contribution in [2.45, 2.75) is 45.1 Å². The topological polar surface area (TPSA) is 101 Å². The Morgan fingerprint density at radius 3 is 2.25 bits per heavy atom. The third kappa shape index (κ3) is 6.60. The van der Waals surface area contributed by atoms with Crippen molar-refractivity contribution in [3.8, 4) is 0 Å². The van der Waals surface area contributed by atoms with Crippen LogP contribution in [0.4, 0.5) is 0 Å². The van der Waals surface area contributed by atoms with E-state index in [0.29, 0.717) is 25.1 Å². The average molecular weight is 490 g/mol.